The molecular formula is C17H17N3O3. The van der Waals surface area contributed by atoms with Crippen LogP contribution in [-0.4, -0.2) is 17.6 Å². The molecule has 0 aliphatic carbocycles. The van der Waals surface area contributed by atoms with Crippen molar-refractivity contribution in [3.8, 4) is 11.8 Å². The molecule has 0 unspecified atom stereocenters. The molecule has 23 heavy (non-hydrogen) atoms. The van der Waals surface area contributed by atoms with Crippen molar-refractivity contribution in [1.82, 2.24) is 10.3 Å². The first-order valence-electron chi connectivity index (χ1n) is 7.07. The average molecular weight is 311 g/mol. The molecule has 0 spiro atoms. The Kier molecular flexibility index (Phi) is 5.83. The number of aromatic amines is 1. The number of carbonyl (C=O) groups is 1. The molecule has 118 valence electrons. The molecule has 0 bridgehead atoms. The third kappa shape index (κ3) is 5.59. The minimum absolute atomic E-state index is 0.124. The Labute approximate surface area is 133 Å². The number of anilines is 1. The van der Waals surface area contributed by atoms with E-state index in [0.29, 0.717) is 18.5 Å². The molecule has 2 aromatic rings. The monoisotopic (exact) mass is 311 g/mol. The van der Waals surface area contributed by atoms with Crippen LogP contribution >= 0.6 is 0 Å². The van der Waals surface area contributed by atoms with Gasteiger partial charge in [-0.3, -0.25) is 4.79 Å². The third-order valence-electron chi connectivity index (χ3n) is 2.90. The van der Waals surface area contributed by atoms with Crippen molar-refractivity contribution in [2.45, 2.75) is 13.0 Å². The van der Waals surface area contributed by atoms with Crippen molar-refractivity contribution >= 4 is 11.8 Å². The van der Waals surface area contributed by atoms with Crippen molar-refractivity contribution in [3.63, 3.8) is 0 Å². The first kappa shape index (κ1) is 16.2. The number of pyridine rings is 1. The predicted molar refractivity (Wildman–Crippen MR) is 87.6 cm³/mol. The van der Waals surface area contributed by atoms with Gasteiger partial charge in [0.15, 0.2) is 0 Å². The molecule has 0 radical (unpaired) electrons. The van der Waals surface area contributed by atoms with Crippen LogP contribution in [0.1, 0.15) is 17.5 Å². The summed E-state index contributed by atoms with van der Waals surface area (Å²) in [6, 6.07) is 10.9. The number of nitrogens with one attached hydrogen (secondary N) is 2. The lowest BCUT2D eigenvalue weighted by Gasteiger charge is -2.05. The van der Waals surface area contributed by atoms with Gasteiger partial charge in [-0.1, -0.05) is 42.2 Å². The van der Waals surface area contributed by atoms with Crippen LogP contribution in [0.15, 0.2) is 47.4 Å². The van der Waals surface area contributed by atoms with E-state index >= 15 is 0 Å². The molecule has 0 aliphatic heterocycles. The zero-order valence-corrected chi connectivity index (χ0v) is 12.5. The fourth-order valence-electron chi connectivity index (χ4n) is 1.74. The maximum absolute atomic E-state index is 11.5. The Morgan fingerprint density at radius 2 is 2.09 bits per heavy atom. The summed E-state index contributed by atoms with van der Waals surface area (Å²) in [4.78, 5) is 25.1. The number of carbonyl (C=O) groups excluding carboxylic acids is 1. The second-order valence-electron chi connectivity index (χ2n) is 4.71. The molecule has 0 saturated heterocycles. The van der Waals surface area contributed by atoms with Gasteiger partial charge in [0.1, 0.15) is 6.61 Å². The SMILES string of the molecule is Nc1cc(C#CCCNC(=O)OCc2ccccc2)c[nH]c1=O. The van der Waals surface area contributed by atoms with E-state index in [2.05, 4.69) is 22.1 Å². The van der Waals surface area contributed by atoms with Crippen LogP contribution < -0.4 is 16.6 Å². The number of alkyl carbamates (subject to hydrolysis) is 1. The minimum atomic E-state index is -0.482. The minimum Gasteiger partial charge on any atom is -0.445 e. The first-order valence-corrected chi connectivity index (χ1v) is 7.07. The summed E-state index contributed by atoms with van der Waals surface area (Å²) in [5, 5.41) is 2.61. The van der Waals surface area contributed by atoms with Gasteiger partial charge in [0.2, 0.25) is 0 Å². The molecule has 1 heterocycles. The van der Waals surface area contributed by atoms with Crippen molar-refractivity contribution < 1.29 is 9.53 Å². The smallest absolute Gasteiger partial charge is 0.407 e. The second-order valence-corrected chi connectivity index (χ2v) is 4.71. The number of ether oxygens (including phenoxy) is 1. The van der Waals surface area contributed by atoms with Gasteiger partial charge in [-0.2, -0.15) is 0 Å². The molecule has 6 heteroatoms. The summed E-state index contributed by atoms with van der Waals surface area (Å²) in [6.07, 6.45) is 1.47. The Morgan fingerprint density at radius 3 is 2.83 bits per heavy atom. The number of benzene rings is 1. The van der Waals surface area contributed by atoms with E-state index in [4.69, 9.17) is 10.5 Å². The van der Waals surface area contributed by atoms with Gasteiger partial charge < -0.3 is 20.8 Å². The molecule has 0 atom stereocenters. The molecule has 0 saturated carbocycles. The van der Waals surface area contributed by atoms with Gasteiger partial charge in [-0.05, 0) is 11.6 Å². The maximum atomic E-state index is 11.5. The third-order valence-corrected chi connectivity index (χ3v) is 2.90. The van der Waals surface area contributed by atoms with E-state index in [-0.39, 0.29) is 17.9 Å². The van der Waals surface area contributed by atoms with E-state index in [9.17, 15) is 9.59 Å². The predicted octanol–water partition coefficient (Wildman–Crippen LogP) is 1.63. The fourth-order valence-corrected chi connectivity index (χ4v) is 1.74. The highest BCUT2D eigenvalue weighted by Crippen LogP contribution is 2.00. The molecule has 2 rings (SSSR count). The lowest BCUT2D eigenvalue weighted by Crippen LogP contribution is -2.24. The van der Waals surface area contributed by atoms with Crippen LogP contribution in [0.25, 0.3) is 0 Å². The molecule has 1 aromatic heterocycles. The fraction of sp³-hybridized carbons (Fsp3) is 0.176. The molecule has 1 aromatic carbocycles. The zero-order chi connectivity index (χ0) is 16.5. The molecular weight excluding hydrogens is 294 g/mol. The van der Waals surface area contributed by atoms with Crippen LogP contribution in [0, 0.1) is 11.8 Å². The standard InChI is InChI=1S/C17H17N3O3/c18-15-10-14(11-20-16(15)21)8-4-5-9-19-17(22)23-12-13-6-2-1-3-7-13/h1-3,6-7,10-11H,5,9,12,18H2,(H,19,22)(H,20,21). The Balaban J connectivity index is 1.69. The Bertz CT molecular complexity index is 773. The van der Waals surface area contributed by atoms with E-state index in [1.807, 2.05) is 30.3 Å². The summed E-state index contributed by atoms with van der Waals surface area (Å²) in [5.74, 6) is 5.73. The summed E-state index contributed by atoms with van der Waals surface area (Å²) in [6.45, 7) is 0.606. The number of aromatic nitrogens is 1. The number of nitrogens with two attached hydrogens (primary N) is 1. The number of rotatable bonds is 4. The summed E-state index contributed by atoms with van der Waals surface area (Å²) >= 11 is 0. The highest BCUT2D eigenvalue weighted by Gasteiger charge is 2.00. The number of H-pyrrole nitrogens is 1. The normalized spacial score (nSPS) is 9.57. The molecule has 6 nitrogen and oxygen atoms in total. The number of hydrogen-bond donors (Lipinski definition) is 3. The zero-order valence-electron chi connectivity index (χ0n) is 12.5. The Hall–Kier alpha value is -3.20. The highest BCUT2D eigenvalue weighted by molar-refractivity contribution is 5.67. The van der Waals surface area contributed by atoms with Gasteiger partial charge in [0, 0.05) is 24.7 Å². The largest absolute Gasteiger partial charge is 0.445 e. The van der Waals surface area contributed by atoms with Crippen LogP contribution in [-0.2, 0) is 11.3 Å². The highest BCUT2D eigenvalue weighted by atomic mass is 16.5. The summed E-state index contributed by atoms with van der Waals surface area (Å²) in [7, 11) is 0. The van der Waals surface area contributed by atoms with Gasteiger partial charge >= 0.3 is 6.09 Å². The van der Waals surface area contributed by atoms with E-state index in [1.165, 1.54) is 12.3 Å². The molecule has 4 N–H and O–H groups in total. The van der Waals surface area contributed by atoms with E-state index < -0.39 is 6.09 Å². The van der Waals surface area contributed by atoms with E-state index in [1.54, 1.807) is 0 Å². The molecule has 1 amide bonds. The quantitative estimate of drug-likeness (QED) is 0.590. The lowest BCUT2D eigenvalue weighted by molar-refractivity contribution is 0.140. The number of nitrogen functional groups attached to an aromatic ring is 1. The summed E-state index contributed by atoms with van der Waals surface area (Å²) < 4.78 is 5.07. The molecule has 0 aliphatic rings. The van der Waals surface area contributed by atoms with Crippen molar-refractivity contribution in [3.05, 3.63) is 64.1 Å². The Morgan fingerprint density at radius 1 is 1.30 bits per heavy atom. The second kappa shape index (κ2) is 8.29. The topological polar surface area (TPSA) is 97.2 Å². The first-order chi connectivity index (χ1) is 11.1. The number of hydrogen-bond acceptors (Lipinski definition) is 4. The maximum Gasteiger partial charge on any atom is 0.407 e. The van der Waals surface area contributed by atoms with Crippen LogP contribution in [0.4, 0.5) is 10.5 Å². The van der Waals surface area contributed by atoms with Crippen LogP contribution in [0.2, 0.25) is 0 Å². The molecule has 0 fully saturated rings. The van der Waals surface area contributed by atoms with Crippen LogP contribution in [0.3, 0.4) is 0 Å². The van der Waals surface area contributed by atoms with Crippen molar-refractivity contribution in [1.29, 1.82) is 0 Å². The van der Waals surface area contributed by atoms with Gasteiger partial charge in [-0.15, -0.1) is 0 Å². The van der Waals surface area contributed by atoms with Gasteiger partial charge in [0.05, 0.1) is 5.69 Å². The average Bonchev–Trinajstić information content (AvgIpc) is 2.57. The van der Waals surface area contributed by atoms with Gasteiger partial charge in [0.25, 0.3) is 5.56 Å². The van der Waals surface area contributed by atoms with Crippen LogP contribution in [0.5, 0.6) is 0 Å². The van der Waals surface area contributed by atoms with Gasteiger partial charge in [-0.25, -0.2) is 4.79 Å². The lowest BCUT2D eigenvalue weighted by atomic mass is 10.2. The van der Waals surface area contributed by atoms with Crippen molar-refractivity contribution in [2.75, 3.05) is 12.3 Å². The summed E-state index contributed by atoms with van der Waals surface area (Å²) in [5.41, 5.74) is 6.82. The van der Waals surface area contributed by atoms with Crippen molar-refractivity contribution in [2.24, 2.45) is 0 Å². The van der Waals surface area contributed by atoms with E-state index in [0.717, 1.165) is 5.56 Å². The number of amides is 1.